The van der Waals surface area contributed by atoms with Gasteiger partial charge in [-0.25, -0.2) is 0 Å². The van der Waals surface area contributed by atoms with Crippen molar-refractivity contribution in [1.29, 1.82) is 0 Å². The van der Waals surface area contributed by atoms with Crippen LogP contribution in [0.3, 0.4) is 0 Å². The Labute approximate surface area is 80.9 Å². The van der Waals surface area contributed by atoms with Gasteiger partial charge in [-0.3, -0.25) is 0 Å². The quantitative estimate of drug-likeness (QED) is 0.660. The van der Waals surface area contributed by atoms with E-state index in [2.05, 4.69) is 33.0 Å². The van der Waals surface area contributed by atoms with E-state index in [0.29, 0.717) is 22.9 Å². The Bertz CT molecular complexity index is 135. The Morgan fingerprint density at radius 1 is 1.25 bits per heavy atom. The minimum absolute atomic E-state index is 0.404. The van der Waals surface area contributed by atoms with Gasteiger partial charge >= 0.3 is 0 Å². The van der Waals surface area contributed by atoms with Gasteiger partial charge in [-0.2, -0.15) is 0 Å². The van der Waals surface area contributed by atoms with Crippen LogP contribution in [0.4, 0.5) is 0 Å². The Hall–Kier alpha value is -0.310. The van der Waals surface area contributed by atoms with Crippen molar-refractivity contribution in [2.75, 3.05) is 6.54 Å². The lowest BCUT2D eigenvalue weighted by molar-refractivity contribution is 0.288. The molecule has 2 nitrogen and oxygen atoms in total. The summed E-state index contributed by atoms with van der Waals surface area (Å²) in [6.45, 7) is 9.81. The third kappa shape index (κ3) is 4.54. The monoisotopic (exact) mass is 188 g/mol. The Morgan fingerprint density at radius 3 is 1.92 bits per heavy atom. The fraction of sp³-hybridized carbons (Fsp3) is 0.889. The molecule has 72 valence electrons. The molecule has 0 bridgehead atoms. The average Bonchev–Trinajstić information content (AvgIpc) is 1.84. The number of hydrogen-bond acceptors (Lipinski definition) is 1. The molecule has 12 heavy (non-hydrogen) atoms. The highest BCUT2D eigenvalue weighted by molar-refractivity contribution is 7.80. The van der Waals surface area contributed by atoms with E-state index in [1.54, 1.807) is 0 Å². The standard InChI is InChI=1S/C9H20N2S/c1-6(2)8(7(3)4)5-11-9(10)12/h6-8H,5H2,1-4H3,(H3,10,11,12). The molecular formula is C9H20N2S. The number of nitrogens with one attached hydrogen (secondary N) is 1. The van der Waals surface area contributed by atoms with Crippen molar-refractivity contribution >= 4 is 17.3 Å². The van der Waals surface area contributed by atoms with Crippen molar-refractivity contribution in [3.8, 4) is 0 Å². The van der Waals surface area contributed by atoms with Crippen molar-refractivity contribution in [1.82, 2.24) is 5.32 Å². The molecule has 0 aromatic carbocycles. The van der Waals surface area contributed by atoms with Gasteiger partial charge in [-0.1, -0.05) is 27.7 Å². The zero-order valence-electron chi connectivity index (χ0n) is 8.42. The van der Waals surface area contributed by atoms with Crippen LogP contribution in [0, 0.1) is 17.8 Å². The van der Waals surface area contributed by atoms with Crippen LogP contribution in [-0.4, -0.2) is 11.7 Å². The lowest BCUT2D eigenvalue weighted by Gasteiger charge is -2.24. The van der Waals surface area contributed by atoms with Gasteiger partial charge in [0.15, 0.2) is 5.11 Å². The van der Waals surface area contributed by atoms with Crippen LogP contribution in [0.5, 0.6) is 0 Å². The zero-order valence-corrected chi connectivity index (χ0v) is 9.24. The molecule has 0 amide bonds. The molecular weight excluding hydrogens is 168 g/mol. The molecule has 0 aliphatic rings. The highest BCUT2D eigenvalue weighted by Gasteiger charge is 2.16. The van der Waals surface area contributed by atoms with Crippen molar-refractivity contribution in [2.24, 2.45) is 23.5 Å². The van der Waals surface area contributed by atoms with Gasteiger partial charge in [0.25, 0.3) is 0 Å². The summed E-state index contributed by atoms with van der Waals surface area (Å²) < 4.78 is 0. The zero-order chi connectivity index (χ0) is 9.72. The molecule has 0 radical (unpaired) electrons. The van der Waals surface area contributed by atoms with Crippen molar-refractivity contribution < 1.29 is 0 Å². The van der Waals surface area contributed by atoms with Crippen LogP contribution in [0.2, 0.25) is 0 Å². The van der Waals surface area contributed by atoms with Gasteiger partial charge < -0.3 is 11.1 Å². The molecule has 0 atom stereocenters. The number of thiocarbonyl (C=S) groups is 1. The van der Waals surface area contributed by atoms with E-state index >= 15 is 0 Å². The highest BCUT2D eigenvalue weighted by Crippen LogP contribution is 2.19. The SMILES string of the molecule is CC(C)C(CNC(N)=S)C(C)C. The average molecular weight is 188 g/mol. The normalized spacial score (nSPS) is 11.2. The summed E-state index contributed by atoms with van der Waals surface area (Å²) in [5, 5.41) is 3.42. The van der Waals surface area contributed by atoms with E-state index in [9.17, 15) is 0 Å². The molecule has 3 heteroatoms. The Kier molecular flexibility index (Phi) is 5.22. The second kappa shape index (κ2) is 5.36. The van der Waals surface area contributed by atoms with E-state index in [1.807, 2.05) is 0 Å². The predicted molar refractivity (Wildman–Crippen MR) is 58.0 cm³/mol. The van der Waals surface area contributed by atoms with Crippen LogP contribution < -0.4 is 11.1 Å². The molecule has 0 unspecified atom stereocenters. The fourth-order valence-corrected chi connectivity index (χ4v) is 1.54. The smallest absolute Gasteiger partial charge is 0.163 e. The number of nitrogens with two attached hydrogens (primary N) is 1. The molecule has 0 heterocycles. The van der Waals surface area contributed by atoms with Gasteiger partial charge in [0.05, 0.1) is 0 Å². The summed E-state index contributed by atoms with van der Waals surface area (Å²) in [5.41, 5.74) is 5.36. The largest absolute Gasteiger partial charge is 0.376 e. The van der Waals surface area contributed by atoms with Crippen LogP contribution in [0.1, 0.15) is 27.7 Å². The van der Waals surface area contributed by atoms with E-state index < -0.39 is 0 Å². The lowest BCUT2D eigenvalue weighted by atomic mass is 9.85. The molecule has 0 aliphatic carbocycles. The fourth-order valence-electron chi connectivity index (χ4n) is 1.46. The molecule has 0 aliphatic heterocycles. The van der Waals surface area contributed by atoms with E-state index in [4.69, 9.17) is 18.0 Å². The highest BCUT2D eigenvalue weighted by atomic mass is 32.1. The van der Waals surface area contributed by atoms with Gasteiger partial charge in [-0.15, -0.1) is 0 Å². The maximum absolute atomic E-state index is 5.36. The first-order valence-corrected chi connectivity index (χ1v) is 4.89. The summed E-state index contributed by atoms with van der Waals surface area (Å²) in [6, 6.07) is 0. The predicted octanol–water partition coefficient (Wildman–Crippen LogP) is 1.75. The van der Waals surface area contributed by atoms with Crippen LogP contribution in [-0.2, 0) is 0 Å². The first-order chi connectivity index (χ1) is 5.45. The molecule has 0 aromatic heterocycles. The molecule has 3 N–H and O–H groups in total. The van der Waals surface area contributed by atoms with Gasteiger partial charge in [-0.05, 0) is 30.0 Å². The van der Waals surface area contributed by atoms with Gasteiger partial charge in [0.2, 0.25) is 0 Å². The van der Waals surface area contributed by atoms with E-state index in [-0.39, 0.29) is 0 Å². The van der Waals surface area contributed by atoms with Gasteiger partial charge in [0, 0.05) is 6.54 Å². The van der Waals surface area contributed by atoms with Crippen LogP contribution in [0.15, 0.2) is 0 Å². The minimum Gasteiger partial charge on any atom is -0.376 e. The van der Waals surface area contributed by atoms with Crippen molar-refractivity contribution in [2.45, 2.75) is 27.7 Å². The summed E-state index contributed by atoms with van der Waals surface area (Å²) in [7, 11) is 0. The first-order valence-electron chi connectivity index (χ1n) is 4.48. The first kappa shape index (κ1) is 11.7. The maximum atomic E-state index is 5.36. The summed E-state index contributed by atoms with van der Waals surface area (Å²) >= 11 is 4.75. The summed E-state index contributed by atoms with van der Waals surface area (Å²) in [4.78, 5) is 0. The molecule has 0 saturated carbocycles. The van der Waals surface area contributed by atoms with Gasteiger partial charge in [0.1, 0.15) is 0 Å². The number of rotatable bonds is 4. The summed E-state index contributed by atoms with van der Waals surface area (Å²) in [5.74, 6) is 1.99. The van der Waals surface area contributed by atoms with Crippen molar-refractivity contribution in [3.05, 3.63) is 0 Å². The Morgan fingerprint density at radius 2 is 1.67 bits per heavy atom. The maximum Gasteiger partial charge on any atom is 0.163 e. The van der Waals surface area contributed by atoms with Crippen LogP contribution in [0.25, 0.3) is 0 Å². The molecule has 0 spiro atoms. The minimum atomic E-state index is 0.404. The van der Waals surface area contributed by atoms with E-state index in [1.165, 1.54) is 0 Å². The Balaban J connectivity index is 3.88. The molecule has 0 rings (SSSR count). The molecule has 0 aromatic rings. The molecule has 0 fully saturated rings. The van der Waals surface area contributed by atoms with Crippen molar-refractivity contribution in [3.63, 3.8) is 0 Å². The summed E-state index contributed by atoms with van der Waals surface area (Å²) in [6.07, 6.45) is 0. The third-order valence-electron chi connectivity index (χ3n) is 2.22. The molecule has 0 saturated heterocycles. The van der Waals surface area contributed by atoms with E-state index in [0.717, 1.165) is 6.54 Å². The lowest BCUT2D eigenvalue weighted by Crippen LogP contribution is -2.36. The second-order valence-electron chi connectivity index (χ2n) is 3.90. The second-order valence-corrected chi connectivity index (χ2v) is 4.34. The number of hydrogen-bond donors (Lipinski definition) is 2. The third-order valence-corrected chi connectivity index (χ3v) is 2.37. The van der Waals surface area contributed by atoms with Crippen LogP contribution >= 0.6 is 12.2 Å². The topological polar surface area (TPSA) is 38.0 Å².